The third kappa shape index (κ3) is 2.31. The first-order valence-electron chi connectivity index (χ1n) is 6.43. The van der Waals surface area contributed by atoms with Crippen molar-refractivity contribution < 1.29 is 4.39 Å². The summed E-state index contributed by atoms with van der Waals surface area (Å²) >= 11 is 0. The van der Waals surface area contributed by atoms with Crippen LogP contribution in [0.4, 0.5) is 4.39 Å². The molecule has 21 heavy (non-hydrogen) atoms. The van der Waals surface area contributed by atoms with Crippen LogP contribution in [0.3, 0.4) is 0 Å². The lowest BCUT2D eigenvalue weighted by Gasteiger charge is -2.04. The van der Waals surface area contributed by atoms with Gasteiger partial charge >= 0.3 is 0 Å². The molecule has 2 heterocycles. The molecule has 3 rings (SSSR count). The quantitative estimate of drug-likeness (QED) is 0.768. The average Bonchev–Trinajstić information content (AvgIpc) is 2.88. The number of pyridine rings is 1. The number of hydrogen-bond acceptors (Lipinski definition) is 4. The number of aromatic nitrogens is 3. The molecule has 0 aliphatic rings. The summed E-state index contributed by atoms with van der Waals surface area (Å²) in [6, 6.07) is 10.2. The molecule has 0 saturated heterocycles. The summed E-state index contributed by atoms with van der Waals surface area (Å²) in [4.78, 5) is 4.30. The molecule has 0 saturated carbocycles. The van der Waals surface area contributed by atoms with Crippen LogP contribution in [0.1, 0.15) is 11.3 Å². The number of nitrogens with two attached hydrogens (primary N) is 2. The highest BCUT2D eigenvalue weighted by Crippen LogP contribution is 2.21. The van der Waals surface area contributed by atoms with Crippen LogP contribution in [-0.2, 0) is 6.54 Å². The molecule has 0 amide bonds. The van der Waals surface area contributed by atoms with Gasteiger partial charge in [-0.3, -0.25) is 0 Å². The second-order valence-corrected chi connectivity index (χ2v) is 4.59. The van der Waals surface area contributed by atoms with Crippen molar-refractivity contribution in [3.63, 3.8) is 0 Å². The Morgan fingerprint density at radius 3 is 2.81 bits per heavy atom. The standard InChI is InChI=1S/C15H14FN5/c16-12-6-2-1-4-10(12)9-21-15-11(5-3-7-19-15)14(20-21)13(18)8-17/h1-8H,9,17-18H2/b13-8-. The number of fused-ring (bicyclic) bond motifs is 1. The highest BCUT2D eigenvalue weighted by atomic mass is 19.1. The summed E-state index contributed by atoms with van der Waals surface area (Å²) < 4.78 is 15.4. The van der Waals surface area contributed by atoms with E-state index < -0.39 is 0 Å². The molecule has 3 aromatic rings. The molecule has 6 heteroatoms. The van der Waals surface area contributed by atoms with Gasteiger partial charge in [0, 0.05) is 23.3 Å². The van der Waals surface area contributed by atoms with Gasteiger partial charge in [0.05, 0.1) is 12.2 Å². The largest absolute Gasteiger partial charge is 0.403 e. The maximum atomic E-state index is 13.8. The van der Waals surface area contributed by atoms with Crippen LogP contribution in [0, 0.1) is 5.82 Å². The SMILES string of the molecule is N/C=C(\N)c1nn(Cc2ccccc2F)c2ncccc12. The lowest BCUT2D eigenvalue weighted by atomic mass is 10.2. The fourth-order valence-corrected chi connectivity index (χ4v) is 2.20. The van der Waals surface area contributed by atoms with E-state index in [1.807, 2.05) is 6.07 Å². The normalized spacial score (nSPS) is 12.0. The van der Waals surface area contributed by atoms with Crippen molar-refractivity contribution in [1.82, 2.24) is 14.8 Å². The number of rotatable bonds is 3. The summed E-state index contributed by atoms with van der Waals surface area (Å²) in [5, 5.41) is 5.20. The summed E-state index contributed by atoms with van der Waals surface area (Å²) in [5.74, 6) is -0.277. The van der Waals surface area contributed by atoms with E-state index >= 15 is 0 Å². The summed E-state index contributed by atoms with van der Waals surface area (Å²) in [5.41, 5.74) is 13.4. The van der Waals surface area contributed by atoms with Crippen LogP contribution in [0.2, 0.25) is 0 Å². The zero-order valence-electron chi connectivity index (χ0n) is 11.2. The Bertz CT molecular complexity index is 822. The smallest absolute Gasteiger partial charge is 0.158 e. The molecule has 2 aromatic heterocycles. The van der Waals surface area contributed by atoms with Crippen molar-refractivity contribution in [2.24, 2.45) is 11.5 Å². The van der Waals surface area contributed by atoms with E-state index in [1.54, 1.807) is 35.1 Å². The van der Waals surface area contributed by atoms with Crippen LogP contribution in [-0.4, -0.2) is 14.8 Å². The van der Waals surface area contributed by atoms with Crippen LogP contribution in [0.15, 0.2) is 48.8 Å². The molecule has 0 unspecified atom stereocenters. The summed E-state index contributed by atoms with van der Waals surface area (Å²) in [6.07, 6.45) is 2.95. The molecule has 1 aromatic carbocycles. The van der Waals surface area contributed by atoms with Crippen molar-refractivity contribution in [2.75, 3.05) is 0 Å². The summed E-state index contributed by atoms with van der Waals surface area (Å²) in [6.45, 7) is 0.276. The van der Waals surface area contributed by atoms with Crippen LogP contribution in [0.25, 0.3) is 16.7 Å². The lowest BCUT2D eigenvalue weighted by Crippen LogP contribution is -2.06. The molecule has 4 N–H and O–H groups in total. The maximum absolute atomic E-state index is 13.8. The van der Waals surface area contributed by atoms with Gasteiger partial charge in [-0.1, -0.05) is 18.2 Å². The zero-order chi connectivity index (χ0) is 14.8. The highest BCUT2D eigenvalue weighted by molar-refractivity contribution is 5.87. The van der Waals surface area contributed by atoms with E-state index in [0.29, 0.717) is 22.6 Å². The number of nitrogens with zero attached hydrogens (tertiary/aromatic N) is 3. The monoisotopic (exact) mass is 283 g/mol. The van der Waals surface area contributed by atoms with E-state index in [9.17, 15) is 4.39 Å². The van der Waals surface area contributed by atoms with Gasteiger partial charge < -0.3 is 11.5 Å². The minimum atomic E-state index is -0.277. The predicted octanol–water partition coefficient (Wildman–Crippen LogP) is 1.83. The van der Waals surface area contributed by atoms with Gasteiger partial charge in [0.2, 0.25) is 0 Å². The second kappa shape index (κ2) is 5.24. The van der Waals surface area contributed by atoms with E-state index in [4.69, 9.17) is 11.5 Å². The minimum Gasteiger partial charge on any atom is -0.403 e. The third-order valence-electron chi connectivity index (χ3n) is 3.24. The molecule has 0 bridgehead atoms. The van der Waals surface area contributed by atoms with Gasteiger partial charge in [-0.15, -0.1) is 0 Å². The number of halogens is 1. The van der Waals surface area contributed by atoms with Gasteiger partial charge in [-0.05, 0) is 18.2 Å². The first-order chi connectivity index (χ1) is 10.2. The van der Waals surface area contributed by atoms with E-state index in [2.05, 4.69) is 10.1 Å². The van der Waals surface area contributed by atoms with Gasteiger partial charge in [0.1, 0.15) is 11.5 Å². The molecule has 0 spiro atoms. The molecule has 0 aliphatic carbocycles. The molecule has 0 atom stereocenters. The number of hydrogen-bond donors (Lipinski definition) is 2. The van der Waals surface area contributed by atoms with Gasteiger partial charge in [0.25, 0.3) is 0 Å². The van der Waals surface area contributed by atoms with Crippen LogP contribution < -0.4 is 11.5 Å². The van der Waals surface area contributed by atoms with Gasteiger partial charge in [-0.25, -0.2) is 14.1 Å². The first-order valence-corrected chi connectivity index (χ1v) is 6.43. The highest BCUT2D eigenvalue weighted by Gasteiger charge is 2.14. The Labute approximate surface area is 120 Å². The molecular weight excluding hydrogens is 269 g/mol. The fourth-order valence-electron chi connectivity index (χ4n) is 2.20. The van der Waals surface area contributed by atoms with E-state index in [1.165, 1.54) is 12.3 Å². The maximum Gasteiger partial charge on any atom is 0.158 e. The van der Waals surface area contributed by atoms with E-state index in [-0.39, 0.29) is 12.4 Å². The Hall–Kier alpha value is -2.89. The Morgan fingerprint density at radius 1 is 1.24 bits per heavy atom. The van der Waals surface area contributed by atoms with Crippen molar-refractivity contribution in [3.8, 4) is 0 Å². The van der Waals surface area contributed by atoms with E-state index in [0.717, 1.165) is 5.39 Å². The predicted molar refractivity (Wildman–Crippen MR) is 79.4 cm³/mol. The van der Waals surface area contributed by atoms with Gasteiger partial charge in [0.15, 0.2) is 5.65 Å². The minimum absolute atomic E-state index is 0.276. The molecule has 0 aliphatic heterocycles. The van der Waals surface area contributed by atoms with Gasteiger partial charge in [-0.2, -0.15) is 5.10 Å². The molecular formula is C15H14FN5. The zero-order valence-corrected chi connectivity index (χ0v) is 11.2. The molecule has 0 fully saturated rings. The van der Waals surface area contributed by atoms with Crippen molar-refractivity contribution in [1.29, 1.82) is 0 Å². The van der Waals surface area contributed by atoms with Crippen LogP contribution >= 0.6 is 0 Å². The van der Waals surface area contributed by atoms with Crippen molar-refractivity contribution in [3.05, 3.63) is 65.9 Å². The Kier molecular flexibility index (Phi) is 3.27. The third-order valence-corrected chi connectivity index (χ3v) is 3.24. The molecule has 5 nitrogen and oxygen atoms in total. The number of benzene rings is 1. The Balaban J connectivity index is 2.13. The average molecular weight is 283 g/mol. The summed E-state index contributed by atoms with van der Waals surface area (Å²) in [7, 11) is 0. The second-order valence-electron chi connectivity index (χ2n) is 4.59. The van der Waals surface area contributed by atoms with Crippen molar-refractivity contribution in [2.45, 2.75) is 6.54 Å². The molecule has 0 radical (unpaired) electrons. The first kappa shape index (κ1) is 13.1. The molecule has 106 valence electrons. The Morgan fingerprint density at radius 2 is 2.05 bits per heavy atom. The van der Waals surface area contributed by atoms with Crippen LogP contribution in [0.5, 0.6) is 0 Å². The van der Waals surface area contributed by atoms with Crippen molar-refractivity contribution >= 4 is 16.7 Å². The topological polar surface area (TPSA) is 82.8 Å². The fraction of sp³-hybridized carbons (Fsp3) is 0.0667. The lowest BCUT2D eigenvalue weighted by molar-refractivity contribution is 0.588.